The number of fused-ring (bicyclic) bond motifs is 2. The predicted molar refractivity (Wildman–Crippen MR) is 106 cm³/mol. The Morgan fingerprint density at radius 3 is 2.12 bits per heavy atom. The summed E-state index contributed by atoms with van der Waals surface area (Å²) in [5.41, 5.74) is 0. The highest BCUT2D eigenvalue weighted by Gasteiger charge is 2.46. The molecular formula is C19H36O3Si2. The molecule has 2 bridgehead atoms. The minimum Gasteiger partial charge on any atom is -0.545 e. The Kier molecular flexibility index (Phi) is 5.90. The van der Waals surface area contributed by atoms with E-state index in [0.717, 1.165) is 23.9 Å². The first-order valence-corrected chi connectivity index (χ1v) is 14.9. The summed E-state index contributed by atoms with van der Waals surface area (Å²) in [5.74, 6) is 1.04. The highest BCUT2D eigenvalue weighted by Crippen LogP contribution is 2.41. The molecule has 0 N–H and O–H groups in total. The van der Waals surface area contributed by atoms with Crippen LogP contribution < -0.4 is 0 Å². The van der Waals surface area contributed by atoms with Crippen molar-refractivity contribution in [2.45, 2.75) is 96.1 Å². The Morgan fingerprint density at radius 2 is 1.62 bits per heavy atom. The van der Waals surface area contributed by atoms with E-state index in [4.69, 9.17) is 13.6 Å². The summed E-state index contributed by atoms with van der Waals surface area (Å²) in [5, 5.41) is 0.173. The molecule has 2 aliphatic heterocycles. The summed E-state index contributed by atoms with van der Waals surface area (Å²) in [4.78, 5) is 0. The Bertz CT molecular complexity index is 493. The third-order valence-corrected chi connectivity index (χ3v) is 15.2. The lowest BCUT2D eigenvalue weighted by molar-refractivity contribution is -0.0174. The van der Waals surface area contributed by atoms with E-state index in [1.54, 1.807) is 0 Å². The van der Waals surface area contributed by atoms with Gasteiger partial charge in [-0.2, -0.15) is 0 Å². The Balaban J connectivity index is 2.28. The molecule has 2 heterocycles. The van der Waals surface area contributed by atoms with Crippen LogP contribution in [-0.2, 0) is 13.6 Å². The Morgan fingerprint density at radius 1 is 1.04 bits per heavy atom. The molecule has 0 amide bonds. The number of hydrogen-bond acceptors (Lipinski definition) is 3. The fraction of sp³-hybridized carbons (Fsp3) is 0.789. The lowest BCUT2D eigenvalue weighted by Gasteiger charge is -2.44. The minimum absolute atomic E-state index is 0.00129. The highest BCUT2D eigenvalue weighted by molar-refractivity contribution is 6.74. The van der Waals surface area contributed by atoms with Crippen LogP contribution >= 0.6 is 0 Å². The standard InChI is InChI=1S/C19H36O3Si2/c1-9-24(10-2,11-3)21-17-14-15-12-13-16(20-15)18(17)22-23(7,8)19(4,5)6/h12-16,18H,9-11H2,1-8H3/t15-,16+,18+/m0/s1. The van der Waals surface area contributed by atoms with Crippen molar-refractivity contribution in [3.05, 3.63) is 24.0 Å². The molecule has 0 aliphatic carbocycles. The largest absolute Gasteiger partial charge is 0.545 e. The minimum atomic E-state index is -1.90. The van der Waals surface area contributed by atoms with E-state index in [1.807, 2.05) is 0 Å². The highest BCUT2D eigenvalue weighted by atomic mass is 28.4. The zero-order valence-corrected chi connectivity index (χ0v) is 18.8. The zero-order chi connectivity index (χ0) is 18.2. The Hall–Kier alpha value is -0.366. The molecule has 0 aromatic carbocycles. The quantitative estimate of drug-likeness (QED) is 0.431. The van der Waals surface area contributed by atoms with Crippen LogP contribution in [0.15, 0.2) is 24.0 Å². The van der Waals surface area contributed by atoms with Gasteiger partial charge < -0.3 is 13.6 Å². The number of hydrogen-bond donors (Lipinski definition) is 0. The molecule has 0 aromatic rings. The SMILES string of the molecule is CC[Si](CC)(CC)OC1=C[C@@H]2C=C[C@@H](O2)[C@H]1O[Si](C)(C)C(C)(C)C. The third-order valence-electron chi connectivity index (χ3n) is 6.21. The molecular weight excluding hydrogens is 332 g/mol. The van der Waals surface area contributed by atoms with Gasteiger partial charge in [-0.15, -0.1) is 0 Å². The van der Waals surface area contributed by atoms with E-state index < -0.39 is 16.6 Å². The molecule has 0 saturated heterocycles. The molecule has 2 rings (SSSR count). The van der Waals surface area contributed by atoms with Crippen molar-refractivity contribution >= 4 is 16.6 Å². The molecule has 0 radical (unpaired) electrons. The van der Waals surface area contributed by atoms with Gasteiger partial charge in [-0.3, -0.25) is 0 Å². The van der Waals surface area contributed by atoms with Crippen LogP contribution in [0.2, 0.25) is 36.3 Å². The molecule has 0 fully saturated rings. The van der Waals surface area contributed by atoms with Crippen molar-refractivity contribution in [2.24, 2.45) is 0 Å². The monoisotopic (exact) mass is 368 g/mol. The van der Waals surface area contributed by atoms with Gasteiger partial charge in [0.2, 0.25) is 8.32 Å². The van der Waals surface area contributed by atoms with E-state index in [0.29, 0.717) is 0 Å². The van der Waals surface area contributed by atoms with Crippen molar-refractivity contribution in [1.82, 2.24) is 0 Å². The lowest BCUT2D eigenvalue weighted by Crippen LogP contribution is -2.50. The Labute approximate surface area is 150 Å². The maximum absolute atomic E-state index is 6.76. The van der Waals surface area contributed by atoms with Gasteiger partial charge in [0.05, 0.1) is 6.10 Å². The van der Waals surface area contributed by atoms with E-state index in [9.17, 15) is 0 Å². The van der Waals surface area contributed by atoms with Gasteiger partial charge in [-0.25, -0.2) is 0 Å². The van der Waals surface area contributed by atoms with E-state index >= 15 is 0 Å². The molecule has 24 heavy (non-hydrogen) atoms. The van der Waals surface area contributed by atoms with Crippen LogP contribution in [0.5, 0.6) is 0 Å². The van der Waals surface area contributed by atoms with Gasteiger partial charge >= 0.3 is 0 Å². The van der Waals surface area contributed by atoms with Gasteiger partial charge in [0.15, 0.2) is 8.32 Å². The summed E-state index contributed by atoms with van der Waals surface area (Å²) in [6.45, 7) is 18.3. The van der Waals surface area contributed by atoms with Gasteiger partial charge in [-0.05, 0) is 42.3 Å². The normalized spacial score (nSPS) is 27.3. The summed E-state index contributed by atoms with van der Waals surface area (Å²) in [6.07, 6.45) is 6.42. The topological polar surface area (TPSA) is 27.7 Å². The second kappa shape index (κ2) is 7.10. The molecule has 0 spiro atoms. The fourth-order valence-electron chi connectivity index (χ4n) is 3.10. The summed E-state index contributed by atoms with van der Waals surface area (Å²) < 4.78 is 19.6. The summed E-state index contributed by atoms with van der Waals surface area (Å²) in [6, 6.07) is 3.44. The fourth-order valence-corrected chi connectivity index (χ4v) is 6.96. The van der Waals surface area contributed by atoms with Crippen molar-refractivity contribution < 1.29 is 13.6 Å². The van der Waals surface area contributed by atoms with Crippen LogP contribution in [0.1, 0.15) is 41.5 Å². The predicted octanol–water partition coefficient (Wildman–Crippen LogP) is 5.62. The second-order valence-corrected chi connectivity index (χ2v) is 18.1. The van der Waals surface area contributed by atoms with E-state index in [-0.39, 0.29) is 23.4 Å². The number of rotatable bonds is 7. The maximum Gasteiger partial charge on any atom is 0.250 e. The van der Waals surface area contributed by atoms with Crippen LogP contribution in [0, 0.1) is 0 Å². The van der Waals surface area contributed by atoms with E-state index in [1.165, 1.54) is 0 Å². The third kappa shape index (κ3) is 3.89. The van der Waals surface area contributed by atoms with Gasteiger partial charge in [0.25, 0.3) is 0 Å². The molecule has 0 aromatic heterocycles. The van der Waals surface area contributed by atoms with Crippen LogP contribution in [0.3, 0.4) is 0 Å². The molecule has 0 unspecified atom stereocenters. The van der Waals surface area contributed by atoms with Gasteiger partial charge in [-0.1, -0.05) is 53.7 Å². The smallest absolute Gasteiger partial charge is 0.250 e. The van der Waals surface area contributed by atoms with Gasteiger partial charge in [0.1, 0.15) is 18.0 Å². The lowest BCUT2D eigenvalue weighted by atomic mass is 10.1. The molecule has 3 nitrogen and oxygen atoms in total. The van der Waals surface area contributed by atoms with Crippen molar-refractivity contribution in [2.75, 3.05) is 0 Å². The first-order valence-electron chi connectivity index (χ1n) is 9.50. The maximum atomic E-state index is 6.76. The average Bonchev–Trinajstić information content (AvgIpc) is 2.91. The molecule has 3 atom stereocenters. The van der Waals surface area contributed by atoms with Crippen LogP contribution in [0.25, 0.3) is 0 Å². The van der Waals surface area contributed by atoms with E-state index in [2.05, 4.69) is 72.9 Å². The zero-order valence-electron chi connectivity index (χ0n) is 16.8. The summed E-state index contributed by atoms with van der Waals surface area (Å²) >= 11 is 0. The van der Waals surface area contributed by atoms with Crippen LogP contribution in [0.4, 0.5) is 0 Å². The second-order valence-electron chi connectivity index (χ2n) is 8.66. The molecule has 2 aliphatic rings. The molecule has 5 heteroatoms. The molecule has 138 valence electrons. The first-order chi connectivity index (χ1) is 11.1. The van der Waals surface area contributed by atoms with Crippen molar-refractivity contribution in [1.29, 1.82) is 0 Å². The van der Waals surface area contributed by atoms with Gasteiger partial charge in [0, 0.05) is 0 Å². The van der Waals surface area contributed by atoms with Crippen molar-refractivity contribution in [3.63, 3.8) is 0 Å². The van der Waals surface area contributed by atoms with Crippen molar-refractivity contribution in [3.8, 4) is 0 Å². The van der Waals surface area contributed by atoms with Crippen LogP contribution in [-0.4, -0.2) is 34.9 Å². The average molecular weight is 369 g/mol. The first kappa shape index (κ1) is 20.0. The molecule has 0 saturated carbocycles. The summed E-state index contributed by atoms with van der Waals surface area (Å²) in [7, 11) is -3.61. The number of ether oxygens (including phenoxy) is 1.